The van der Waals surface area contributed by atoms with Crippen LogP contribution >= 0.6 is 0 Å². The number of ether oxygens (including phenoxy) is 2. The third-order valence-electron chi connectivity index (χ3n) is 5.33. The van der Waals surface area contributed by atoms with E-state index in [4.69, 9.17) is 9.47 Å². The second kappa shape index (κ2) is 9.54. The van der Waals surface area contributed by atoms with Crippen LogP contribution in [0.2, 0.25) is 0 Å². The molecule has 0 saturated carbocycles. The molecule has 1 N–H and O–H groups in total. The zero-order valence-electron chi connectivity index (χ0n) is 18.5. The van der Waals surface area contributed by atoms with Crippen molar-refractivity contribution in [2.45, 2.75) is 51.2 Å². The summed E-state index contributed by atoms with van der Waals surface area (Å²) in [5.74, 6) is -0.501. The van der Waals surface area contributed by atoms with E-state index in [2.05, 4.69) is 5.32 Å². The fraction of sp³-hybridized carbons (Fsp3) is 0.619. The summed E-state index contributed by atoms with van der Waals surface area (Å²) in [6, 6.07) is 4.49. The number of nitrogens with one attached hydrogen (secondary N) is 1. The van der Waals surface area contributed by atoms with Gasteiger partial charge in [-0.15, -0.1) is 0 Å². The quantitative estimate of drug-likeness (QED) is 0.674. The molecule has 2 saturated heterocycles. The average Bonchev–Trinajstić information content (AvgIpc) is 3.11. The van der Waals surface area contributed by atoms with E-state index in [1.54, 1.807) is 11.0 Å². The average molecular weight is 454 g/mol. The van der Waals surface area contributed by atoms with Gasteiger partial charge in [0.15, 0.2) is 0 Å². The van der Waals surface area contributed by atoms with Crippen molar-refractivity contribution in [2.75, 3.05) is 38.2 Å². The van der Waals surface area contributed by atoms with E-state index < -0.39 is 15.9 Å². The number of anilines is 1. The second-order valence-corrected chi connectivity index (χ2v) is 10.3. The number of rotatable bonds is 7. The summed E-state index contributed by atoms with van der Waals surface area (Å²) >= 11 is 0. The predicted molar refractivity (Wildman–Crippen MR) is 115 cm³/mol. The molecule has 0 aromatic heterocycles. The molecule has 3 rings (SSSR count). The first-order chi connectivity index (χ1) is 14.6. The molecule has 0 bridgehead atoms. The molecule has 2 aliphatic heterocycles. The van der Waals surface area contributed by atoms with Crippen LogP contribution in [0.4, 0.5) is 5.69 Å². The Balaban J connectivity index is 1.85. The number of amides is 2. The van der Waals surface area contributed by atoms with Gasteiger partial charge in [0.25, 0.3) is 0 Å². The fourth-order valence-corrected chi connectivity index (χ4v) is 5.14. The second-order valence-electron chi connectivity index (χ2n) is 8.37. The molecule has 1 unspecified atom stereocenters. The summed E-state index contributed by atoms with van der Waals surface area (Å²) in [5.41, 5.74) is 0.281. The molecule has 2 fully saturated rings. The summed E-state index contributed by atoms with van der Waals surface area (Å²) in [6.45, 7) is 9.11. The largest absolute Gasteiger partial charge is 0.489 e. The lowest BCUT2D eigenvalue weighted by atomic mass is 10.1. The predicted octanol–water partition coefficient (Wildman–Crippen LogP) is 1.69. The van der Waals surface area contributed by atoms with Crippen LogP contribution in [0.25, 0.3) is 0 Å². The van der Waals surface area contributed by atoms with Crippen molar-refractivity contribution in [1.29, 1.82) is 0 Å². The summed E-state index contributed by atoms with van der Waals surface area (Å²) < 4.78 is 38.5. The molecule has 2 aliphatic rings. The maximum absolute atomic E-state index is 13.0. The summed E-state index contributed by atoms with van der Waals surface area (Å²) in [4.78, 5) is 26.8. The normalized spacial score (nSPS) is 20.5. The van der Waals surface area contributed by atoms with Gasteiger partial charge in [-0.1, -0.05) is 0 Å². The first-order valence-corrected chi connectivity index (χ1v) is 12.0. The van der Waals surface area contributed by atoms with Gasteiger partial charge >= 0.3 is 0 Å². The fourth-order valence-electron chi connectivity index (χ4n) is 3.70. The zero-order valence-corrected chi connectivity index (χ0v) is 19.3. The van der Waals surface area contributed by atoms with Crippen LogP contribution in [-0.4, -0.2) is 74.4 Å². The lowest BCUT2D eigenvalue weighted by molar-refractivity contribution is -0.129. The number of hydrogen-bond donors (Lipinski definition) is 1. The van der Waals surface area contributed by atoms with Crippen molar-refractivity contribution in [3.63, 3.8) is 0 Å². The topological polar surface area (TPSA) is 105 Å². The standard InChI is InChI=1S/C21H31N3O6S/c1-14(2)24-13-16(11-20(24)25)21(26)22-18-12-17(5-6-19(18)30-15(3)4)31(27,28)23-7-9-29-10-8-23/h5-6,12,14-16H,7-11,13H2,1-4H3,(H,22,26). The van der Waals surface area contributed by atoms with E-state index >= 15 is 0 Å². The zero-order chi connectivity index (χ0) is 22.8. The minimum atomic E-state index is -3.73. The smallest absolute Gasteiger partial charge is 0.243 e. The highest BCUT2D eigenvalue weighted by atomic mass is 32.2. The highest BCUT2D eigenvalue weighted by Crippen LogP contribution is 2.31. The Morgan fingerprint density at radius 3 is 2.45 bits per heavy atom. The van der Waals surface area contributed by atoms with Crippen LogP contribution < -0.4 is 10.1 Å². The number of nitrogens with zero attached hydrogens (tertiary/aromatic N) is 2. The highest BCUT2D eigenvalue weighted by molar-refractivity contribution is 7.89. The van der Waals surface area contributed by atoms with Crippen LogP contribution in [0.5, 0.6) is 5.75 Å². The Kier molecular flexibility index (Phi) is 7.23. The van der Waals surface area contributed by atoms with Gasteiger partial charge in [-0.05, 0) is 45.9 Å². The minimum Gasteiger partial charge on any atom is -0.489 e. The minimum absolute atomic E-state index is 0.0205. The van der Waals surface area contributed by atoms with Crippen LogP contribution in [0, 0.1) is 5.92 Å². The van der Waals surface area contributed by atoms with E-state index in [-0.39, 0.29) is 54.1 Å². The van der Waals surface area contributed by atoms with Crippen LogP contribution in [0.1, 0.15) is 34.1 Å². The van der Waals surface area contributed by atoms with E-state index in [1.807, 2.05) is 27.7 Å². The monoisotopic (exact) mass is 453 g/mol. The van der Waals surface area contributed by atoms with Gasteiger partial charge in [0, 0.05) is 32.1 Å². The molecule has 9 nitrogen and oxygen atoms in total. The highest BCUT2D eigenvalue weighted by Gasteiger charge is 2.36. The van der Waals surface area contributed by atoms with Crippen LogP contribution in [-0.2, 0) is 24.3 Å². The number of carbonyl (C=O) groups is 2. The molecular weight excluding hydrogens is 422 g/mol. The van der Waals surface area contributed by atoms with Crippen molar-refractivity contribution in [3.05, 3.63) is 18.2 Å². The molecule has 0 aliphatic carbocycles. The Bertz CT molecular complexity index is 925. The van der Waals surface area contributed by atoms with Crippen molar-refractivity contribution < 1.29 is 27.5 Å². The number of benzene rings is 1. The van der Waals surface area contributed by atoms with Gasteiger partial charge in [-0.3, -0.25) is 9.59 Å². The molecule has 1 aromatic carbocycles. The molecule has 0 spiro atoms. The third kappa shape index (κ3) is 5.36. The number of hydrogen-bond acceptors (Lipinski definition) is 6. The Morgan fingerprint density at radius 2 is 1.87 bits per heavy atom. The van der Waals surface area contributed by atoms with Gasteiger partial charge in [0.1, 0.15) is 5.75 Å². The first-order valence-electron chi connectivity index (χ1n) is 10.6. The Morgan fingerprint density at radius 1 is 1.19 bits per heavy atom. The lowest BCUT2D eigenvalue weighted by Gasteiger charge is -2.26. The maximum Gasteiger partial charge on any atom is 0.243 e. The molecule has 172 valence electrons. The van der Waals surface area contributed by atoms with E-state index in [1.165, 1.54) is 16.4 Å². The molecule has 2 heterocycles. The summed E-state index contributed by atoms with van der Waals surface area (Å²) in [6.07, 6.45) is -0.0299. The maximum atomic E-state index is 13.0. The van der Waals surface area contributed by atoms with Gasteiger partial charge < -0.3 is 19.7 Å². The van der Waals surface area contributed by atoms with Gasteiger partial charge in [0.2, 0.25) is 21.8 Å². The van der Waals surface area contributed by atoms with Crippen molar-refractivity contribution >= 4 is 27.5 Å². The van der Waals surface area contributed by atoms with E-state index in [0.29, 0.717) is 25.5 Å². The van der Waals surface area contributed by atoms with Gasteiger partial charge in [-0.25, -0.2) is 8.42 Å². The van der Waals surface area contributed by atoms with Crippen molar-refractivity contribution in [1.82, 2.24) is 9.21 Å². The molecule has 10 heteroatoms. The number of carbonyl (C=O) groups excluding carboxylic acids is 2. The van der Waals surface area contributed by atoms with Crippen LogP contribution in [0.15, 0.2) is 23.1 Å². The molecule has 2 amide bonds. The summed E-state index contributed by atoms with van der Waals surface area (Å²) in [7, 11) is -3.73. The molecule has 31 heavy (non-hydrogen) atoms. The summed E-state index contributed by atoms with van der Waals surface area (Å²) in [5, 5.41) is 2.80. The SMILES string of the molecule is CC(C)Oc1ccc(S(=O)(=O)N2CCOCC2)cc1NC(=O)C1CC(=O)N(C(C)C)C1. The van der Waals surface area contributed by atoms with Crippen molar-refractivity contribution in [3.8, 4) is 5.75 Å². The number of likely N-dealkylation sites (tertiary alicyclic amines) is 1. The van der Waals surface area contributed by atoms with Gasteiger partial charge in [0.05, 0.1) is 35.8 Å². The number of sulfonamides is 1. The Hall–Kier alpha value is -2.17. The van der Waals surface area contributed by atoms with E-state index in [9.17, 15) is 18.0 Å². The van der Waals surface area contributed by atoms with Crippen LogP contribution in [0.3, 0.4) is 0 Å². The van der Waals surface area contributed by atoms with Crippen molar-refractivity contribution in [2.24, 2.45) is 5.92 Å². The molecular formula is C21H31N3O6S. The molecule has 1 atom stereocenters. The molecule has 0 radical (unpaired) electrons. The number of morpholine rings is 1. The first kappa shape index (κ1) is 23.5. The Labute approximate surface area is 183 Å². The lowest BCUT2D eigenvalue weighted by Crippen LogP contribution is -2.40. The third-order valence-corrected chi connectivity index (χ3v) is 7.23. The van der Waals surface area contributed by atoms with E-state index in [0.717, 1.165) is 0 Å². The molecule has 1 aromatic rings. The van der Waals surface area contributed by atoms with Gasteiger partial charge in [-0.2, -0.15) is 4.31 Å².